The Morgan fingerprint density at radius 1 is 1.31 bits per heavy atom. The summed E-state index contributed by atoms with van der Waals surface area (Å²) >= 11 is 0. The van der Waals surface area contributed by atoms with Crippen LogP contribution in [0.15, 0.2) is 0 Å². The van der Waals surface area contributed by atoms with Crippen molar-refractivity contribution in [2.75, 3.05) is 19.6 Å². The third-order valence-electron chi connectivity index (χ3n) is 4.19. The van der Waals surface area contributed by atoms with Gasteiger partial charge in [0.15, 0.2) is 0 Å². The lowest BCUT2D eigenvalue weighted by atomic mass is 9.92. The topological polar surface area (TPSA) is 15.3 Å². The summed E-state index contributed by atoms with van der Waals surface area (Å²) in [5, 5.41) is 3.71. The van der Waals surface area contributed by atoms with Gasteiger partial charge in [0, 0.05) is 17.6 Å². The fraction of sp³-hybridized carbons (Fsp3) is 1.00. The number of nitrogens with zero attached hydrogens (tertiary/aromatic N) is 1. The molecule has 1 aliphatic heterocycles. The quantitative estimate of drug-likeness (QED) is 0.792. The molecule has 0 aromatic heterocycles. The second-order valence-corrected chi connectivity index (χ2v) is 6.18. The second-order valence-electron chi connectivity index (χ2n) is 6.18. The maximum Gasteiger partial charge on any atom is 0.0278 e. The number of hydrogen-bond acceptors (Lipinski definition) is 2. The summed E-state index contributed by atoms with van der Waals surface area (Å²) in [5.74, 6) is 0. The van der Waals surface area contributed by atoms with Crippen LogP contribution in [-0.4, -0.2) is 35.6 Å². The van der Waals surface area contributed by atoms with Crippen LogP contribution in [0.5, 0.6) is 0 Å². The molecule has 0 amide bonds. The normalized spacial score (nSPS) is 29.1. The molecule has 0 radical (unpaired) electrons. The van der Waals surface area contributed by atoms with Crippen molar-refractivity contribution in [2.24, 2.45) is 0 Å². The molecule has 0 bridgehead atoms. The molecule has 1 saturated heterocycles. The van der Waals surface area contributed by atoms with Crippen molar-refractivity contribution >= 4 is 0 Å². The molecule has 0 aliphatic carbocycles. The van der Waals surface area contributed by atoms with E-state index in [1.54, 1.807) is 0 Å². The van der Waals surface area contributed by atoms with E-state index in [4.69, 9.17) is 0 Å². The monoisotopic (exact) mass is 226 g/mol. The van der Waals surface area contributed by atoms with E-state index < -0.39 is 0 Å². The zero-order valence-corrected chi connectivity index (χ0v) is 11.9. The standard InChI is InChI=1S/C14H30N2/c1-6-9-13(3,4)16-11-8-10-15-14(5,7-2)12-16/h15H,6-12H2,1-5H3. The zero-order chi connectivity index (χ0) is 12.2. The molecule has 0 saturated carbocycles. The van der Waals surface area contributed by atoms with Gasteiger partial charge in [-0.3, -0.25) is 4.90 Å². The lowest BCUT2D eigenvalue weighted by Gasteiger charge is -2.42. The molecule has 16 heavy (non-hydrogen) atoms. The minimum absolute atomic E-state index is 0.307. The van der Waals surface area contributed by atoms with Crippen LogP contribution in [0.25, 0.3) is 0 Å². The Morgan fingerprint density at radius 3 is 2.56 bits per heavy atom. The van der Waals surface area contributed by atoms with Gasteiger partial charge in [0.2, 0.25) is 0 Å². The Labute approximate surface area is 102 Å². The predicted octanol–water partition coefficient (Wildman–Crippen LogP) is 3.03. The Hall–Kier alpha value is -0.0800. The minimum atomic E-state index is 0.307. The number of nitrogens with one attached hydrogen (secondary N) is 1. The van der Waals surface area contributed by atoms with Gasteiger partial charge in [-0.2, -0.15) is 0 Å². The first kappa shape index (κ1) is 14.0. The van der Waals surface area contributed by atoms with E-state index in [2.05, 4.69) is 44.8 Å². The summed E-state index contributed by atoms with van der Waals surface area (Å²) in [6.07, 6.45) is 5.07. The maximum atomic E-state index is 3.71. The highest BCUT2D eigenvalue weighted by molar-refractivity contribution is 4.93. The molecule has 0 aromatic carbocycles. The average Bonchev–Trinajstić information content (AvgIpc) is 2.41. The highest BCUT2D eigenvalue weighted by atomic mass is 15.2. The van der Waals surface area contributed by atoms with Gasteiger partial charge in [-0.05, 0) is 53.1 Å². The van der Waals surface area contributed by atoms with Crippen molar-refractivity contribution in [3.8, 4) is 0 Å². The molecule has 96 valence electrons. The smallest absolute Gasteiger partial charge is 0.0278 e. The Kier molecular flexibility index (Phi) is 4.81. The Bertz CT molecular complexity index is 213. The molecule has 1 unspecified atom stereocenters. The van der Waals surface area contributed by atoms with Crippen molar-refractivity contribution in [2.45, 2.75) is 71.4 Å². The van der Waals surface area contributed by atoms with Crippen LogP contribution in [0.2, 0.25) is 0 Å². The van der Waals surface area contributed by atoms with Crippen molar-refractivity contribution in [3.63, 3.8) is 0 Å². The van der Waals surface area contributed by atoms with Crippen LogP contribution in [0, 0.1) is 0 Å². The van der Waals surface area contributed by atoms with E-state index in [0.29, 0.717) is 11.1 Å². The first-order valence-corrected chi connectivity index (χ1v) is 6.93. The predicted molar refractivity (Wildman–Crippen MR) is 71.9 cm³/mol. The molecule has 0 spiro atoms. The van der Waals surface area contributed by atoms with Crippen molar-refractivity contribution in [3.05, 3.63) is 0 Å². The number of hydrogen-bond donors (Lipinski definition) is 1. The van der Waals surface area contributed by atoms with E-state index >= 15 is 0 Å². The van der Waals surface area contributed by atoms with Crippen LogP contribution < -0.4 is 5.32 Å². The molecule has 1 heterocycles. The third kappa shape index (κ3) is 3.46. The maximum absolute atomic E-state index is 3.71. The van der Waals surface area contributed by atoms with Gasteiger partial charge in [-0.15, -0.1) is 0 Å². The van der Waals surface area contributed by atoms with Crippen LogP contribution >= 0.6 is 0 Å². The molecular weight excluding hydrogens is 196 g/mol. The summed E-state index contributed by atoms with van der Waals surface area (Å²) in [6, 6.07) is 0. The summed E-state index contributed by atoms with van der Waals surface area (Å²) in [5.41, 5.74) is 0.665. The van der Waals surface area contributed by atoms with Gasteiger partial charge >= 0.3 is 0 Å². The number of rotatable bonds is 4. The molecule has 2 heteroatoms. The molecule has 1 rings (SSSR count). The SMILES string of the molecule is CCCC(C)(C)N1CCCNC(C)(CC)C1. The van der Waals surface area contributed by atoms with Gasteiger partial charge in [0.1, 0.15) is 0 Å². The van der Waals surface area contributed by atoms with Crippen LogP contribution in [0.4, 0.5) is 0 Å². The van der Waals surface area contributed by atoms with Crippen molar-refractivity contribution < 1.29 is 0 Å². The summed E-state index contributed by atoms with van der Waals surface area (Å²) in [7, 11) is 0. The van der Waals surface area contributed by atoms with Crippen LogP contribution in [0.3, 0.4) is 0 Å². The van der Waals surface area contributed by atoms with E-state index in [1.165, 1.54) is 45.3 Å². The summed E-state index contributed by atoms with van der Waals surface area (Å²) in [6.45, 7) is 15.4. The first-order valence-electron chi connectivity index (χ1n) is 6.93. The van der Waals surface area contributed by atoms with Crippen LogP contribution in [-0.2, 0) is 0 Å². The lowest BCUT2D eigenvalue weighted by molar-refractivity contribution is 0.0881. The fourth-order valence-corrected chi connectivity index (χ4v) is 2.74. The van der Waals surface area contributed by atoms with Crippen molar-refractivity contribution in [1.29, 1.82) is 0 Å². The molecule has 1 aliphatic rings. The van der Waals surface area contributed by atoms with E-state index in [0.717, 1.165) is 0 Å². The van der Waals surface area contributed by atoms with E-state index in [9.17, 15) is 0 Å². The summed E-state index contributed by atoms with van der Waals surface area (Å²) in [4.78, 5) is 2.69. The van der Waals surface area contributed by atoms with E-state index in [-0.39, 0.29) is 0 Å². The molecule has 1 N–H and O–H groups in total. The fourth-order valence-electron chi connectivity index (χ4n) is 2.74. The van der Waals surface area contributed by atoms with Crippen molar-refractivity contribution in [1.82, 2.24) is 10.2 Å². The highest BCUT2D eigenvalue weighted by Gasteiger charge is 2.33. The summed E-state index contributed by atoms with van der Waals surface area (Å²) < 4.78 is 0. The molecule has 1 fully saturated rings. The van der Waals surface area contributed by atoms with Crippen LogP contribution in [0.1, 0.15) is 60.3 Å². The van der Waals surface area contributed by atoms with Gasteiger partial charge in [-0.25, -0.2) is 0 Å². The largest absolute Gasteiger partial charge is 0.310 e. The molecule has 0 aromatic rings. The zero-order valence-electron chi connectivity index (χ0n) is 11.9. The molecular formula is C14H30N2. The van der Waals surface area contributed by atoms with Gasteiger partial charge in [0.05, 0.1) is 0 Å². The van der Waals surface area contributed by atoms with Gasteiger partial charge in [0.25, 0.3) is 0 Å². The average molecular weight is 226 g/mol. The molecule has 1 atom stereocenters. The van der Waals surface area contributed by atoms with Gasteiger partial charge < -0.3 is 5.32 Å². The Balaban J connectivity index is 2.71. The van der Waals surface area contributed by atoms with E-state index in [1.807, 2.05) is 0 Å². The third-order valence-corrected chi connectivity index (χ3v) is 4.19. The second kappa shape index (κ2) is 5.50. The first-order chi connectivity index (χ1) is 7.43. The highest BCUT2D eigenvalue weighted by Crippen LogP contribution is 2.26. The minimum Gasteiger partial charge on any atom is -0.310 e. The lowest BCUT2D eigenvalue weighted by Crippen LogP contribution is -2.54. The Morgan fingerprint density at radius 2 is 2.00 bits per heavy atom. The van der Waals surface area contributed by atoms with Gasteiger partial charge in [-0.1, -0.05) is 20.3 Å². The molecule has 2 nitrogen and oxygen atoms in total.